The van der Waals surface area contributed by atoms with Gasteiger partial charge in [-0.05, 0) is 42.5 Å². The summed E-state index contributed by atoms with van der Waals surface area (Å²) in [6, 6.07) is 9.25. The van der Waals surface area contributed by atoms with Crippen LogP contribution in [0, 0.1) is 5.82 Å². The summed E-state index contributed by atoms with van der Waals surface area (Å²) in [6.45, 7) is 4.05. The molecule has 0 atom stereocenters. The molecule has 0 fully saturated rings. The van der Waals surface area contributed by atoms with E-state index in [4.69, 9.17) is 0 Å². The third-order valence-corrected chi connectivity index (χ3v) is 6.43. The normalized spacial score (nSPS) is 11.9. The van der Waals surface area contributed by atoms with Gasteiger partial charge in [-0.3, -0.25) is 4.79 Å². The minimum Gasteiger partial charge on any atom is -0.506 e. The molecule has 0 saturated carbocycles. The number of benzene rings is 2. The number of phenolic OH excluding ortho intramolecular Hbond substituents is 1. The Morgan fingerprint density at radius 2 is 1.86 bits per heavy atom. The number of aromatic nitrogens is 1. The van der Waals surface area contributed by atoms with Gasteiger partial charge in [-0.25, -0.2) is 12.8 Å². The van der Waals surface area contributed by atoms with E-state index >= 15 is 0 Å². The lowest BCUT2D eigenvalue weighted by atomic mass is 10.2. The van der Waals surface area contributed by atoms with Crippen molar-refractivity contribution in [2.75, 3.05) is 18.4 Å². The number of carbonyl (C=O) groups excluding carboxylic acids is 1. The molecule has 0 aliphatic heterocycles. The number of hydrogen-bond donors (Lipinski definition) is 3. The minimum atomic E-state index is -3.74. The first kappa shape index (κ1) is 19.8. The maximum atomic E-state index is 13.3. The van der Waals surface area contributed by atoms with E-state index in [1.165, 1.54) is 46.8 Å². The van der Waals surface area contributed by atoms with Crippen LogP contribution in [0.2, 0.25) is 0 Å². The Bertz CT molecular complexity index is 1140. The smallest absolute Gasteiger partial charge is 0.272 e. The molecule has 148 valence electrons. The third kappa shape index (κ3) is 3.71. The largest absolute Gasteiger partial charge is 0.506 e. The Morgan fingerprint density at radius 1 is 1.14 bits per heavy atom. The predicted molar refractivity (Wildman–Crippen MR) is 104 cm³/mol. The zero-order chi connectivity index (χ0) is 20.5. The highest BCUT2D eigenvalue weighted by Gasteiger charge is 2.23. The van der Waals surface area contributed by atoms with E-state index in [1.807, 2.05) is 0 Å². The predicted octanol–water partition coefficient (Wildman–Crippen LogP) is 3.30. The van der Waals surface area contributed by atoms with Crippen molar-refractivity contribution in [3.8, 4) is 5.75 Å². The molecule has 0 radical (unpaired) electrons. The van der Waals surface area contributed by atoms with Crippen LogP contribution in [-0.2, 0) is 10.0 Å². The van der Waals surface area contributed by atoms with Gasteiger partial charge in [0.05, 0.1) is 10.6 Å². The molecule has 0 aliphatic rings. The topological polar surface area (TPSA) is 102 Å². The molecule has 3 rings (SSSR count). The number of halogens is 1. The molecule has 1 aromatic heterocycles. The van der Waals surface area contributed by atoms with Gasteiger partial charge in [0.2, 0.25) is 10.0 Å². The van der Waals surface area contributed by atoms with Gasteiger partial charge in [-0.15, -0.1) is 0 Å². The average Bonchev–Trinajstić information content (AvgIpc) is 3.07. The molecule has 0 aliphatic carbocycles. The number of H-pyrrole nitrogens is 1. The molecule has 7 nitrogen and oxygen atoms in total. The van der Waals surface area contributed by atoms with E-state index in [1.54, 1.807) is 13.8 Å². The van der Waals surface area contributed by atoms with Crippen molar-refractivity contribution in [1.82, 2.24) is 9.29 Å². The van der Waals surface area contributed by atoms with Crippen LogP contribution in [0.5, 0.6) is 5.75 Å². The molecular formula is C19H20FN3O4S. The van der Waals surface area contributed by atoms with Crippen molar-refractivity contribution >= 4 is 32.5 Å². The first-order chi connectivity index (χ1) is 13.3. The number of sulfonamides is 1. The van der Waals surface area contributed by atoms with Gasteiger partial charge in [0.1, 0.15) is 17.3 Å². The zero-order valence-electron chi connectivity index (χ0n) is 15.4. The monoisotopic (exact) mass is 405 g/mol. The minimum absolute atomic E-state index is 0.0388. The van der Waals surface area contributed by atoms with Crippen LogP contribution in [0.4, 0.5) is 10.1 Å². The van der Waals surface area contributed by atoms with Gasteiger partial charge < -0.3 is 15.4 Å². The second-order valence-electron chi connectivity index (χ2n) is 6.14. The summed E-state index contributed by atoms with van der Waals surface area (Å²) in [5, 5.41) is 13.1. The highest BCUT2D eigenvalue weighted by molar-refractivity contribution is 7.89. The standard InChI is InChI=1S/C19H20FN3O4S/c1-3-23(4-2)28(26,27)14-6-8-18(24)16(11-14)22-19(25)17-10-12-9-13(20)5-7-15(12)21-17/h5-11,21,24H,3-4H2,1-2H3,(H,22,25). The number of phenols is 1. The molecule has 0 spiro atoms. The van der Waals surface area contributed by atoms with Crippen LogP contribution >= 0.6 is 0 Å². The summed E-state index contributed by atoms with van der Waals surface area (Å²) in [5.74, 6) is -1.29. The van der Waals surface area contributed by atoms with E-state index in [9.17, 15) is 22.7 Å². The lowest BCUT2D eigenvalue weighted by molar-refractivity contribution is 0.102. The molecule has 1 amide bonds. The highest BCUT2D eigenvalue weighted by Crippen LogP contribution is 2.28. The number of nitrogens with one attached hydrogen (secondary N) is 2. The Hall–Kier alpha value is -2.91. The first-order valence-electron chi connectivity index (χ1n) is 8.69. The molecule has 0 unspecified atom stereocenters. The van der Waals surface area contributed by atoms with E-state index in [2.05, 4.69) is 10.3 Å². The number of aromatic amines is 1. The van der Waals surface area contributed by atoms with Crippen molar-refractivity contribution < 1.29 is 22.7 Å². The van der Waals surface area contributed by atoms with Gasteiger partial charge in [0.15, 0.2) is 0 Å². The van der Waals surface area contributed by atoms with Crippen molar-refractivity contribution in [2.24, 2.45) is 0 Å². The molecule has 3 aromatic rings. The summed E-state index contributed by atoms with van der Waals surface area (Å²) in [4.78, 5) is 15.3. The van der Waals surface area contributed by atoms with Crippen molar-refractivity contribution in [2.45, 2.75) is 18.7 Å². The van der Waals surface area contributed by atoms with E-state index in [0.29, 0.717) is 24.0 Å². The summed E-state index contributed by atoms with van der Waals surface area (Å²) in [5.41, 5.74) is 0.689. The van der Waals surface area contributed by atoms with Gasteiger partial charge >= 0.3 is 0 Å². The van der Waals surface area contributed by atoms with Crippen molar-refractivity contribution in [3.05, 3.63) is 54.0 Å². The Labute approximate surface area is 161 Å². The molecule has 0 bridgehead atoms. The van der Waals surface area contributed by atoms with Crippen molar-refractivity contribution in [1.29, 1.82) is 0 Å². The molecular weight excluding hydrogens is 385 g/mol. The molecule has 9 heteroatoms. The maximum Gasteiger partial charge on any atom is 0.272 e. The highest BCUT2D eigenvalue weighted by atomic mass is 32.2. The summed E-state index contributed by atoms with van der Waals surface area (Å²) in [7, 11) is -3.74. The Kier molecular flexibility index (Phi) is 5.39. The van der Waals surface area contributed by atoms with Crippen molar-refractivity contribution in [3.63, 3.8) is 0 Å². The number of nitrogens with zero attached hydrogens (tertiary/aromatic N) is 1. The van der Waals surface area contributed by atoms with Crippen LogP contribution < -0.4 is 5.32 Å². The second kappa shape index (κ2) is 7.61. The number of aromatic hydroxyl groups is 1. The number of fused-ring (bicyclic) bond motifs is 1. The number of carbonyl (C=O) groups is 1. The van der Waals surface area contributed by atoms with Gasteiger partial charge in [-0.2, -0.15) is 4.31 Å². The SMILES string of the molecule is CCN(CC)S(=O)(=O)c1ccc(O)c(NC(=O)c2cc3cc(F)ccc3[nH]2)c1. The average molecular weight is 405 g/mol. The summed E-state index contributed by atoms with van der Waals surface area (Å²) in [6.07, 6.45) is 0. The number of hydrogen-bond acceptors (Lipinski definition) is 4. The number of amides is 1. The van der Waals surface area contributed by atoms with E-state index in [0.717, 1.165) is 0 Å². The fourth-order valence-electron chi connectivity index (χ4n) is 2.90. The van der Waals surface area contributed by atoms with Crippen LogP contribution in [-0.4, -0.2) is 41.8 Å². The fourth-order valence-corrected chi connectivity index (χ4v) is 4.39. The molecule has 2 aromatic carbocycles. The van der Waals surface area contributed by atoms with Crippen LogP contribution in [0.1, 0.15) is 24.3 Å². The van der Waals surface area contributed by atoms with Gasteiger partial charge in [0.25, 0.3) is 5.91 Å². The lowest BCUT2D eigenvalue weighted by Crippen LogP contribution is -2.30. The third-order valence-electron chi connectivity index (χ3n) is 4.39. The van der Waals surface area contributed by atoms with Gasteiger partial charge in [0, 0.05) is 24.0 Å². The van der Waals surface area contributed by atoms with E-state index in [-0.39, 0.29) is 22.0 Å². The fraction of sp³-hybridized carbons (Fsp3) is 0.211. The maximum absolute atomic E-state index is 13.3. The zero-order valence-corrected chi connectivity index (χ0v) is 16.2. The summed E-state index contributed by atoms with van der Waals surface area (Å²) >= 11 is 0. The second-order valence-corrected chi connectivity index (χ2v) is 8.07. The van der Waals surface area contributed by atoms with Crippen LogP contribution in [0.25, 0.3) is 10.9 Å². The first-order valence-corrected chi connectivity index (χ1v) is 10.1. The van der Waals surface area contributed by atoms with Gasteiger partial charge in [-0.1, -0.05) is 13.8 Å². The quantitative estimate of drug-likeness (QED) is 0.548. The number of anilines is 1. The van der Waals surface area contributed by atoms with Crippen LogP contribution in [0.3, 0.4) is 0 Å². The molecule has 1 heterocycles. The number of rotatable bonds is 6. The molecule has 3 N–H and O–H groups in total. The van der Waals surface area contributed by atoms with E-state index < -0.39 is 21.7 Å². The molecule has 28 heavy (non-hydrogen) atoms. The summed E-state index contributed by atoms with van der Waals surface area (Å²) < 4.78 is 39.9. The molecule has 0 saturated heterocycles. The Balaban J connectivity index is 1.92. The lowest BCUT2D eigenvalue weighted by Gasteiger charge is -2.19. The van der Waals surface area contributed by atoms with Crippen LogP contribution in [0.15, 0.2) is 47.4 Å². The Morgan fingerprint density at radius 3 is 2.54 bits per heavy atom.